The Morgan fingerprint density at radius 1 is 1.13 bits per heavy atom. The lowest BCUT2D eigenvalue weighted by molar-refractivity contribution is -0.0372. The number of hydrogen-bond donors (Lipinski definition) is 0. The predicted molar refractivity (Wildman–Crippen MR) is 93.4 cm³/mol. The molecule has 0 N–H and O–H groups in total. The monoisotopic (exact) mass is 325 g/mol. The lowest BCUT2D eigenvalue weighted by Gasteiger charge is -2.29. The second kappa shape index (κ2) is 8.25. The van der Waals surface area contributed by atoms with E-state index in [4.69, 9.17) is 9.47 Å². The summed E-state index contributed by atoms with van der Waals surface area (Å²) in [6, 6.07) is 0. The molecule has 23 heavy (non-hydrogen) atoms. The van der Waals surface area contributed by atoms with Crippen molar-refractivity contribution in [2.24, 2.45) is 5.92 Å². The highest BCUT2D eigenvalue weighted by atomic mass is 16.5. The Balaban J connectivity index is 2.52. The maximum absolute atomic E-state index is 6.10. The van der Waals surface area contributed by atoms with Crippen molar-refractivity contribution in [3.8, 4) is 0 Å². The first-order valence-corrected chi connectivity index (χ1v) is 8.68. The predicted octanol–water partition coefficient (Wildman–Crippen LogP) is 4.17. The van der Waals surface area contributed by atoms with E-state index in [0.717, 1.165) is 25.1 Å². The van der Waals surface area contributed by atoms with Crippen LogP contribution in [0.3, 0.4) is 0 Å². The minimum absolute atomic E-state index is 0.0655. The van der Waals surface area contributed by atoms with Gasteiger partial charge in [-0.25, -0.2) is 4.68 Å². The highest BCUT2D eigenvalue weighted by Crippen LogP contribution is 2.27. The van der Waals surface area contributed by atoms with Crippen LogP contribution in [0.4, 0.5) is 0 Å². The second-order valence-electron chi connectivity index (χ2n) is 8.33. The fraction of sp³-hybridized carbons (Fsp3) is 0.889. The molecule has 1 heterocycles. The van der Waals surface area contributed by atoms with Crippen molar-refractivity contribution in [3.05, 3.63) is 11.9 Å². The summed E-state index contributed by atoms with van der Waals surface area (Å²) >= 11 is 0. The van der Waals surface area contributed by atoms with Crippen molar-refractivity contribution >= 4 is 0 Å². The zero-order valence-electron chi connectivity index (χ0n) is 16.2. The van der Waals surface area contributed by atoms with E-state index in [-0.39, 0.29) is 17.1 Å². The summed E-state index contributed by atoms with van der Waals surface area (Å²) < 4.78 is 13.4. The third-order valence-electron chi connectivity index (χ3n) is 3.89. The molecule has 1 aromatic heterocycles. The molecule has 0 saturated carbocycles. The average molecular weight is 325 g/mol. The first kappa shape index (κ1) is 20.1. The van der Waals surface area contributed by atoms with Gasteiger partial charge in [0.05, 0.1) is 23.6 Å². The van der Waals surface area contributed by atoms with Gasteiger partial charge in [-0.2, -0.15) is 0 Å². The second-order valence-corrected chi connectivity index (χ2v) is 8.33. The molecule has 5 nitrogen and oxygen atoms in total. The van der Waals surface area contributed by atoms with E-state index in [0.29, 0.717) is 12.6 Å². The number of rotatable bonds is 10. The molecule has 0 bridgehead atoms. The van der Waals surface area contributed by atoms with Crippen molar-refractivity contribution in [2.45, 2.75) is 92.1 Å². The van der Waals surface area contributed by atoms with Gasteiger partial charge in [0.25, 0.3) is 0 Å². The molecule has 1 rings (SSSR count). The normalized spacial score (nSPS) is 13.3. The summed E-state index contributed by atoms with van der Waals surface area (Å²) in [5.41, 5.74) is 0.840. The first-order chi connectivity index (χ1) is 10.5. The van der Waals surface area contributed by atoms with E-state index in [1.54, 1.807) is 4.68 Å². The molecule has 1 aromatic rings. The van der Waals surface area contributed by atoms with E-state index in [1.165, 1.54) is 0 Å². The lowest BCUT2D eigenvalue weighted by atomic mass is 9.86. The third kappa shape index (κ3) is 7.44. The van der Waals surface area contributed by atoms with Crippen molar-refractivity contribution in [1.82, 2.24) is 15.0 Å². The fourth-order valence-electron chi connectivity index (χ4n) is 2.65. The standard InChI is InChI=1S/C18H35N3O2/c1-14(2)11-18(7,8)23-10-9-17(5,6)16-12-21(20-19-16)13-22-15(3)4/h12,14-15H,9-11,13H2,1-8H3. The molecule has 134 valence electrons. The van der Waals surface area contributed by atoms with Crippen LogP contribution in [0.15, 0.2) is 6.20 Å². The van der Waals surface area contributed by atoms with E-state index in [1.807, 2.05) is 20.0 Å². The molecule has 0 spiro atoms. The summed E-state index contributed by atoms with van der Waals surface area (Å²) in [6.07, 6.45) is 4.14. The van der Waals surface area contributed by atoms with Gasteiger partial charge in [-0.15, -0.1) is 5.10 Å². The molecule has 5 heteroatoms. The third-order valence-corrected chi connectivity index (χ3v) is 3.89. The van der Waals surface area contributed by atoms with Crippen LogP contribution in [-0.2, 0) is 21.6 Å². The minimum atomic E-state index is -0.0764. The topological polar surface area (TPSA) is 49.2 Å². The van der Waals surface area contributed by atoms with E-state index >= 15 is 0 Å². The minimum Gasteiger partial charge on any atom is -0.376 e. The average Bonchev–Trinajstić information content (AvgIpc) is 2.83. The molecule has 0 aliphatic heterocycles. The molecule has 0 amide bonds. The zero-order chi connectivity index (χ0) is 17.7. The van der Waals surface area contributed by atoms with Gasteiger partial charge in [0.1, 0.15) is 6.73 Å². The van der Waals surface area contributed by atoms with Gasteiger partial charge in [0.15, 0.2) is 0 Å². The van der Waals surface area contributed by atoms with Crippen LogP contribution in [0, 0.1) is 5.92 Å². The van der Waals surface area contributed by atoms with Crippen LogP contribution in [-0.4, -0.2) is 33.3 Å². The Morgan fingerprint density at radius 3 is 2.35 bits per heavy atom. The van der Waals surface area contributed by atoms with Crippen molar-refractivity contribution in [3.63, 3.8) is 0 Å². The molecule has 0 atom stereocenters. The van der Waals surface area contributed by atoms with Crippen LogP contribution in [0.1, 0.15) is 73.9 Å². The van der Waals surface area contributed by atoms with Crippen molar-refractivity contribution in [1.29, 1.82) is 0 Å². The number of aromatic nitrogens is 3. The highest BCUT2D eigenvalue weighted by molar-refractivity contribution is 5.08. The van der Waals surface area contributed by atoms with Crippen LogP contribution < -0.4 is 0 Å². The Kier molecular flexibility index (Phi) is 7.21. The molecule has 0 aromatic carbocycles. The lowest BCUT2D eigenvalue weighted by Crippen LogP contribution is -2.29. The van der Waals surface area contributed by atoms with Gasteiger partial charge in [0.2, 0.25) is 0 Å². The molecule has 0 radical (unpaired) electrons. The molecule has 0 fully saturated rings. The molecule has 0 aliphatic rings. The van der Waals surface area contributed by atoms with Crippen molar-refractivity contribution < 1.29 is 9.47 Å². The molecule has 0 unspecified atom stereocenters. The summed E-state index contributed by atoms with van der Waals surface area (Å²) in [6.45, 7) is 18.3. The van der Waals surface area contributed by atoms with E-state index in [9.17, 15) is 0 Å². The Bertz CT molecular complexity index is 465. The van der Waals surface area contributed by atoms with Gasteiger partial charge in [-0.1, -0.05) is 32.9 Å². The molecular weight excluding hydrogens is 290 g/mol. The van der Waals surface area contributed by atoms with Crippen LogP contribution in [0.2, 0.25) is 0 Å². The van der Waals surface area contributed by atoms with Gasteiger partial charge in [-0.05, 0) is 46.5 Å². The van der Waals surface area contributed by atoms with Crippen LogP contribution in [0.5, 0.6) is 0 Å². The summed E-state index contributed by atoms with van der Waals surface area (Å²) in [5, 5.41) is 8.46. The highest BCUT2D eigenvalue weighted by Gasteiger charge is 2.26. The zero-order valence-corrected chi connectivity index (χ0v) is 16.2. The van der Waals surface area contributed by atoms with Gasteiger partial charge in [0, 0.05) is 12.0 Å². The number of ether oxygens (including phenoxy) is 2. The summed E-state index contributed by atoms with van der Waals surface area (Å²) in [4.78, 5) is 0. The fourth-order valence-corrected chi connectivity index (χ4v) is 2.65. The Morgan fingerprint density at radius 2 is 1.78 bits per heavy atom. The molecule has 0 saturated heterocycles. The summed E-state index contributed by atoms with van der Waals surface area (Å²) in [7, 11) is 0. The van der Waals surface area contributed by atoms with E-state index in [2.05, 4.69) is 51.9 Å². The van der Waals surface area contributed by atoms with Crippen LogP contribution >= 0.6 is 0 Å². The molecule has 0 aliphatic carbocycles. The summed E-state index contributed by atoms with van der Waals surface area (Å²) in [5.74, 6) is 0.638. The van der Waals surface area contributed by atoms with E-state index < -0.39 is 0 Å². The van der Waals surface area contributed by atoms with Gasteiger partial charge >= 0.3 is 0 Å². The smallest absolute Gasteiger partial charge is 0.141 e. The first-order valence-electron chi connectivity index (χ1n) is 8.68. The van der Waals surface area contributed by atoms with Crippen LogP contribution in [0.25, 0.3) is 0 Å². The Labute approximate surface area is 141 Å². The Hall–Kier alpha value is -0.940. The maximum atomic E-state index is 6.10. The molecular formula is C18H35N3O2. The van der Waals surface area contributed by atoms with Gasteiger partial charge in [-0.3, -0.25) is 0 Å². The number of nitrogens with zero attached hydrogens (tertiary/aromatic N) is 3. The quantitative estimate of drug-likeness (QED) is 0.648. The van der Waals surface area contributed by atoms with Gasteiger partial charge < -0.3 is 9.47 Å². The SMILES string of the molecule is CC(C)CC(C)(C)OCCC(C)(C)c1cn(COC(C)C)nn1. The maximum Gasteiger partial charge on any atom is 0.141 e. The largest absolute Gasteiger partial charge is 0.376 e. The van der Waals surface area contributed by atoms with Crippen molar-refractivity contribution in [2.75, 3.05) is 6.61 Å². The number of hydrogen-bond acceptors (Lipinski definition) is 4.